The first-order valence-corrected chi connectivity index (χ1v) is 10.3. The maximum atomic E-state index is 6.09. The first-order valence-electron chi connectivity index (χ1n) is 8.00. The van der Waals surface area contributed by atoms with Crippen molar-refractivity contribution in [3.05, 3.63) is 0 Å². The van der Waals surface area contributed by atoms with Crippen molar-refractivity contribution in [2.24, 2.45) is 0 Å². The average Bonchev–Trinajstić information content (AvgIpc) is 2.96. The molecule has 6 nitrogen and oxygen atoms in total. The van der Waals surface area contributed by atoms with E-state index in [9.17, 15) is 0 Å². The second-order valence-electron chi connectivity index (χ2n) is 6.01. The molecule has 2 aliphatic heterocycles. The molecular formula is C15H28O6S2. The fraction of sp³-hybridized carbons (Fsp3) is 1.00. The number of rotatable bonds is 10. The van der Waals surface area contributed by atoms with Gasteiger partial charge in [0.25, 0.3) is 0 Å². The van der Waals surface area contributed by atoms with E-state index in [0.29, 0.717) is 13.2 Å². The van der Waals surface area contributed by atoms with Crippen LogP contribution in [-0.2, 0) is 27.3 Å². The molecule has 0 amide bonds. The van der Waals surface area contributed by atoms with Crippen LogP contribution in [0.5, 0.6) is 0 Å². The Morgan fingerprint density at radius 1 is 1.17 bits per heavy atom. The van der Waals surface area contributed by atoms with Gasteiger partial charge in [0.05, 0.1) is 6.61 Å². The van der Waals surface area contributed by atoms with Gasteiger partial charge < -0.3 is 27.3 Å². The van der Waals surface area contributed by atoms with Crippen molar-refractivity contribution < 1.29 is 27.3 Å². The summed E-state index contributed by atoms with van der Waals surface area (Å²) in [6, 6.07) is 0. The second-order valence-corrected chi connectivity index (χ2v) is 7.11. The molecule has 0 spiro atoms. The van der Waals surface area contributed by atoms with Crippen LogP contribution in [0.2, 0.25) is 0 Å². The molecule has 0 saturated carbocycles. The van der Waals surface area contributed by atoms with E-state index < -0.39 is 12.1 Å². The Balaban J connectivity index is 2.06. The number of hydrogen-bond acceptors (Lipinski definition) is 8. The molecule has 0 radical (unpaired) electrons. The van der Waals surface area contributed by atoms with Gasteiger partial charge in [-0.05, 0) is 44.4 Å². The quantitative estimate of drug-likeness (QED) is 0.431. The van der Waals surface area contributed by atoms with Crippen LogP contribution in [0.25, 0.3) is 0 Å². The Morgan fingerprint density at radius 3 is 2.61 bits per heavy atom. The molecule has 0 aliphatic carbocycles. The fourth-order valence-electron chi connectivity index (χ4n) is 2.79. The van der Waals surface area contributed by atoms with Crippen LogP contribution in [0.3, 0.4) is 0 Å². The van der Waals surface area contributed by atoms with Crippen molar-refractivity contribution in [1.29, 1.82) is 0 Å². The second kappa shape index (κ2) is 9.24. The van der Waals surface area contributed by atoms with Crippen molar-refractivity contribution in [3.8, 4) is 0 Å². The Morgan fingerprint density at radius 2 is 1.96 bits per heavy atom. The highest BCUT2D eigenvalue weighted by atomic mass is 32.2. The average molecular weight is 369 g/mol. The van der Waals surface area contributed by atoms with Crippen molar-refractivity contribution in [2.75, 3.05) is 25.7 Å². The fourth-order valence-corrected chi connectivity index (χ4v) is 3.48. The molecule has 3 unspecified atom stereocenters. The van der Waals surface area contributed by atoms with E-state index in [1.807, 2.05) is 26.4 Å². The highest BCUT2D eigenvalue weighted by Gasteiger charge is 2.57. The van der Waals surface area contributed by atoms with Crippen LogP contribution in [-0.4, -0.2) is 62.2 Å². The third-order valence-electron chi connectivity index (χ3n) is 3.77. The van der Waals surface area contributed by atoms with E-state index in [-0.39, 0.29) is 24.4 Å². The molecule has 5 atom stereocenters. The summed E-state index contributed by atoms with van der Waals surface area (Å²) in [7, 11) is 0. The lowest BCUT2D eigenvalue weighted by molar-refractivity contribution is -0.228. The lowest BCUT2D eigenvalue weighted by Gasteiger charge is -2.30. The molecular weight excluding hydrogens is 340 g/mol. The van der Waals surface area contributed by atoms with Crippen LogP contribution >= 0.6 is 24.1 Å². The maximum Gasteiger partial charge on any atom is 0.190 e. The van der Waals surface area contributed by atoms with Gasteiger partial charge in [-0.25, -0.2) is 0 Å². The van der Waals surface area contributed by atoms with E-state index in [2.05, 4.69) is 6.92 Å². The van der Waals surface area contributed by atoms with Gasteiger partial charge >= 0.3 is 0 Å². The molecule has 0 bridgehead atoms. The van der Waals surface area contributed by atoms with Crippen LogP contribution in [0.1, 0.15) is 33.6 Å². The Hall–Kier alpha value is 0.460. The molecule has 0 aromatic heterocycles. The van der Waals surface area contributed by atoms with Gasteiger partial charge in [0.15, 0.2) is 12.1 Å². The van der Waals surface area contributed by atoms with Gasteiger partial charge in [-0.3, -0.25) is 0 Å². The van der Waals surface area contributed by atoms with Gasteiger partial charge in [0.1, 0.15) is 24.4 Å². The van der Waals surface area contributed by atoms with Crippen molar-refractivity contribution in [1.82, 2.24) is 0 Å². The number of ether oxygens (including phenoxy) is 4. The van der Waals surface area contributed by atoms with Crippen LogP contribution < -0.4 is 0 Å². The summed E-state index contributed by atoms with van der Waals surface area (Å²) in [6.07, 6.45) is 4.42. The molecule has 2 rings (SSSR count). The Bertz CT molecular complexity index is 357. The summed E-state index contributed by atoms with van der Waals surface area (Å²) in [5, 5.41) is 0. The predicted octanol–water partition coefficient (Wildman–Crippen LogP) is 3.01. The van der Waals surface area contributed by atoms with Gasteiger partial charge in [-0.1, -0.05) is 13.3 Å². The normalized spacial score (nSPS) is 33.8. The molecule has 0 aromatic carbocycles. The van der Waals surface area contributed by atoms with Crippen molar-refractivity contribution in [2.45, 2.75) is 70.1 Å². The minimum Gasteiger partial charge on any atom is -0.372 e. The molecule has 23 heavy (non-hydrogen) atoms. The molecule has 2 fully saturated rings. The minimum absolute atomic E-state index is 0.226. The lowest BCUT2D eigenvalue weighted by Crippen LogP contribution is -2.44. The molecule has 0 N–H and O–H groups in total. The predicted molar refractivity (Wildman–Crippen MR) is 91.2 cm³/mol. The molecule has 2 heterocycles. The van der Waals surface area contributed by atoms with Gasteiger partial charge in [-0.2, -0.15) is 0 Å². The summed E-state index contributed by atoms with van der Waals surface area (Å²) in [6.45, 7) is 7.00. The topological polar surface area (TPSA) is 55.4 Å². The minimum atomic E-state index is -0.654. The Labute approximate surface area is 147 Å². The van der Waals surface area contributed by atoms with Crippen LogP contribution in [0.15, 0.2) is 0 Å². The number of hydrogen-bond donors (Lipinski definition) is 0. The molecule has 2 saturated heterocycles. The summed E-state index contributed by atoms with van der Waals surface area (Å²) >= 11 is 2.61. The largest absolute Gasteiger partial charge is 0.372 e. The lowest BCUT2D eigenvalue weighted by atomic mass is 10.1. The zero-order valence-corrected chi connectivity index (χ0v) is 16.1. The summed E-state index contributed by atoms with van der Waals surface area (Å²) in [5.41, 5.74) is 0. The highest BCUT2D eigenvalue weighted by molar-refractivity contribution is 7.94. The maximum absolute atomic E-state index is 6.09. The first-order chi connectivity index (χ1) is 11.0. The molecule has 8 heteroatoms. The third kappa shape index (κ3) is 5.22. The number of unbranched alkanes of at least 4 members (excludes halogenated alkanes) is 1. The highest BCUT2D eigenvalue weighted by Crippen LogP contribution is 2.40. The first kappa shape index (κ1) is 19.8. The van der Waals surface area contributed by atoms with Gasteiger partial charge in [0, 0.05) is 19.1 Å². The zero-order valence-electron chi connectivity index (χ0n) is 14.5. The zero-order chi connectivity index (χ0) is 16.9. The summed E-state index contributed by atoms with van der Waals surface area (Å²) < 4.78 is 35.2. The smallest absolute Gasteiger partial charge is 0.190 e. The van der Waals surface area contributed by atoms with Crippen molar-refractivity contribution in [3.63, 3.8) is 0 Å². The van der Waals surface area contributed by atoms with E-state index >= 15 is 0 Å². The molecule has 0 aromatic rings. The van der Waals surface area contributed by atoms with E-state index in [0.717, 1.165) is 12.8 Å². The standard InChI is InChI=1S/C15H28O6S2/c1-6-7-8-16-12-11(10(21-23-5)9-17-22-4)18-14-13(12)19-15(2,3)20-14/h10-14H,6-9H2,1-5H3/t10?,11-,12?,13?,14-/m1/s1. The number of fused-ring (bicyclic) bond motifs is 1. The monoisotopic (exact) mass is 368 g/mol. The van der Waals surface area contributed by atoms with Gasteiger partial charge in [0.2, 0.25) is 0 Å². The van der Waals surface area contributed by atoms with E-state index in [1.54, 1.807) is 0 Å². The van der Waals surface area contributed by atoms with Crippen LogP contribution in [0, 0.1) is 0 Å². The molecule has 2 aliphatic rings. The third-order valence-corrected chi connectivity index (χ3v) is 4.58. The van der Waals surface area contributed by atoms with Gasteiger partial charge in [-0.15, -0.1) is 0 Å². The Kier molecular flexibility index (Phi) is 7.95. The van der Waals surface area contributed by atoms with E-state index in [1.165, 1.54) is 24.1 Å². The van der Waals surface area contributed by atoms with Crippen LogP contribution in [0.4, 0.5) is 0 Å². The summed E-state index contributed by atoms with van der Waals surface area (Å²) in [4.78, 5) is 0. The van der Waals surface area contributed by atoms with Crippen molar-refractivity contribution >= 4 is 24.1 Å². The SMILES string of the molecule is CCCCOC1C2OC(C)(C)O[C@H]2O[C@@H]1C(COSC)OSC. The van der Waals surface area contributed by atoms with E-state index in [4.69, 9.17) is 27.3 Å². The molecule has 136 valence electrons. The summed E-state index contributed by atoms with van der Waals surface area (Å²) in [5.74, 6) is -0.654.